The van der Waals surface area contributed by atoms with Gasteiger partial charge in [0.2, 0.25) is 0 Å². The van der Waals surface area contributed by atoms with Gasteiger partial charge < -0.3 is 5.11 Å². The zero-order chi connectivity index (χ0) is 18.1. The molecule has 2 fully saturated rings. The molecule has 1 N–H and O–H groups in total. The number of aromatic nitrogens is 3. The summed E-state index contributed by atoms with van der Waals surface area (Å²) in [5, 5.41) is 11.6. The Hall–Kier alpha value is -1.85. The highest BCUT2D eigenvalue weighted by molar-refractivity contribution is 5.20. The van der Waals surface area contributed by atoms with Crippen LogP contribution in [-0.2, 0) is 12.1 Å². The van der Waals surface area contributed by atoms with Crippen molar-refractivity contribution < 1.29 is 5.11 Å². The molecule has 1 aliphatic heterocycles. The largest absolute Gasteiger partial charge is 0.383 e. The number of hydrogen-bond acceptors (Lipinski definition) is 5. The van der Waals surface area contributed by atoms with Crippen molar-refractivity contribution in [2.75, 3.05) is 13.1 Å². The lowest BCUT2D eigenvalue weighted by molar-refractivity contribution is -0.151. The number of fused-ring (bicyclic) bond motifs is 2. The van der Waals surface area contributed by atoms with Crippen LogP contribution in [0.5, 0.6) is 0 Å². The molecular formula is C21H28N4O. The van der Waals surface area contributed by atoms with Crippen molar-refractivity contribution in [1.29, 1.82) is 0 Å². The Kier molecular flexibility index (Phi) is 4.76. The molecule has 5 nitrogen and oxygen atoms in total. The van der Waals surface area contributed by atoms with Crippen LogP contribution < -0.4 is 0 Å². The van der Waals surface area contributed by atoms with Crippen LogP contribution >= 0.6 is 0 Å². The van der Waals surface area contributed by atoms with Gasteiger partial charge in [0.1, 0.15) is 11.4 Å². The maximum atomic E-state index is 11.6. The van der Waals surface area contributed by atoms with Crippen LogP contribution in [0.3, 0.4) is 0 Å². The van der Waals surface area contributed by atoms with Crippen LogP contribution in [0.1, 0.15) is 56.1 Å². The number of likely N-dealkylation sites (tertiary alicyclic amines) is 1. The summed E-state index contributed by atoms with van der Waals surface area (Å²) in [4.78, 5) is 16.0. The number of nitrogens with zero attached hydrogens (tertiary/aromatic N) is 4. The van der Waals surface area contributed by atoms with E-state index >= 15 is 0 Å². The van der Waals surface area contributed by atoms with Crippen molar-refractivity contribution >= 4 is 0 Å². The highest BCUT2D eigenvalue weighted by atomic mass is 16.3. The standard InChI is InChI=1S/C21H28N4O/c1-15(2)20-23-10-16(11-24-20)12-25-13-17-6-5-7-18(14-25)21(17,26)19-8-3-4-9-22-19/h3-4,8-11,15,17-18,26H,5-7,12-14H2,1-2H3. The summed E-state index contributed by atoms with van der Waals surface area (Å²) >= 11 is 0. The number of piperidine rings is 1. The summed E-state index contributed by atoms with van der Waals surface area (Å²) in [7, 11) is 0. The van der Waals surface area contributed by atoms with Crippen LogP contribution in [0.15, 0.2) is 36.8 Å². The van der Waals surface area contributed by atoms with Gasteiger partial charge in [0, 0.05) is 61.5 Å². The van der Waals surface area contributed by atoms with Crippen molar-refractivity contribution in [2.24, 2.45) is 11.8 Å². The van der Waals surface area contributed by atoms with Gasteiger partial charge in [-0.1, -0.05) is 26.3 Å². The number of hydrogen-bond donors (Lipinski definition) is 1. The molecule has 2 unspecified atom stereocenters. The smallest absolute Gasteiger partial charge is 0.130 e. The average molecular weight is 352 g/mol. The first-order valence-corrected chi connectivity index (χ1v) is 9.74. The predicted octanol–water partition coefficient (Wildman–Crippen LogP) is 3.11. The molecule has 2 aromatic rings. The second-order valence-electron chi connectivity index (χ2n) is 8.16. The Morgan fingerprint density at radius 1 is 1.12 bits per heavy atom. The quantitative estimate of drug-likeness (QED) is 0.916. The van der Waals surface area contributed by atoms with Gasteiger partial charge in [0.25, 0.3) is 0 Å². The Bertz CT molecular complexity index is 717. The molecule has 2 aromatic heterocycles. The zero-order valence-electron chi connectivity index (χ0n) is 15.7. The third kappa shape index (κ3) is 3.14. The topological polar surface area (TPSA) is 62.1 Å². The fourth-order valence-electron chi connectivity index (χ4n) is 4.69. The van der Waals surface area contributed by atoms with Crippen LogP contribution in [0, 0.1) is 11.8 Å². The van der Waals surface area contributed by atoms with Gasteiger partial charge in [-0.3, -0.25) is 9.88 Å². The Labute approximate surface area is 155 Å². The summed E-state index contributed by atoms with van der Waals surface area (Å²) in [5.74, 6) is 1.72. The molecule has 26 heavy (non-hydrogen) atoms. The summed E-state index contributed by atoms with van der Waals surface area (Å²) in [5.41, 5.74) is 1.21. The normalized spacial score (nSPS) is 29.1. The van der Waals surface area contributed by atoms with Crippen molar-refractivity contribution in [3.63, 3.8) is 0 Å². The first kappa shape index (κ1) is 17.6. The molecule has 4 rings (SSSR count). The molecule has 2 bridgehead atoms. The van der Waals surface area contributed by atoms with Crippen molar-refractivity contribution in [3.05, 3.63) is 53.9 Å². The van der Waals surface area contributed by atoms with Crippen molar-refractivity contribution in [2.45, 2.75) is 51.2 Å². The van der Waals surface area contributed by atoms with E-state index in [0.717, 1.165) is 49.6 Å². The average Bonchev–Trinajstić information content (AvgIpc) is 2.64. The van der Waals surface area contributed by atoms with Gasteiger partial charge in [-0.2, -0.15) is 0 Å². The molecule has 2 atom stereocenters. The van der Waals surface area contributed by atoms with Gasteiger partial charge in [-0.15, -0.1) is 0 Å². The van der Waals surface area contributed by atoms with Crippen molar-refractivity contribution in [3.8, 4) is 0 Å². The van der Waals surface area contributed by atoms with E-state index in [1.54, 1.807) is 6.20 Å². The van der Waals surface area contributed by atoms with Crippen LogP contribution in [0.4, 0.5) is 0 Å². The molecule has 2 aliphatic rings. The van der Waals surface area contributed by atoms with Crippen LogP contribution in [-0.4, -0.2) is 38.0 Å². The van der Waals surface area contributed by atoms with Gasteiger partial charge in [-0.05, 0) is 25.0 Å². The number of rotatable bonds is 4. The second kappa shape index (κ2) is 7.05. The minimum Gasteiger partial charge on any atom is -0.383 e. The van der Waals surface area contributed by atoms with E-state index in [2.05, 4.69) is 33.7 Å². The van der Waals surface area contributed by atoms with Crippen LogP contribution in [0.2, 0.25) is 0 Å². The highest BCUT2D eigenvalue weighted by Gasteiger charge is 2.52. The van der Waals surface area contributed by atoms with E-state index in [9.17, 15) is 5.11 Å². The molecule has 3 heterocycles. The molecule has 138 valence electrons. The highest BCUT2D eigenvalue weighted by Crippen LogP contribution is 2.48. The fourth-order valence-corrected chi connectivity index (χ4v) is 4.69. The Morgan fingerprint density at radius 3 is 2.38 bits per heavy atom. The summed E-state index contributed by atoms with van der Waals surface area (Å²) < 4.78 is 0. The van der Waals surface area contributed by atoms with Crippen molar-refractivity contribution in [1.82, 2.24) is 19.9 Å². The molecule has 1 saturated carbocycles. The van der Waals surface area contributed by atoms with E-state index in [1.165, 1.54) is 6.42 Å². The maximum absolute atomic E-state index is 11.6. The molecule has 1 aliphatic carbocycles. The van der Waals surface area contributed by atoms with E-state index < -0.39 is 5.60 Å². The first-order valence-electron chi connectivity index (χ1n) is 9.74. The van der Waals surface area contributed by atoms with Gasteiger partial charge in [0.15, 0.2) is 0 Å². The predicted molar refractivity (Wildman–Crippen MR) is 100 cm³/mol. The van der Waals surface area contributed by atoms with E-state index in [1.807, 2.05) is 30.6 Å². The number of pyridine rings is 1. The summed E-state index contributed by atoms with van der Waals surface area (Å²) in [6, 6.07) is 5.88. The minimum atomic E-state index is -0.784. The molecule has 5 heteroatoms. The first-order chi connectivity index (χ1) is 12.6. The van der Waals surface area contributed by atoms with Gasteiger partial charge in [-0.25, -0.2) is 9.97 Å². The minimum absolute atomic E-state index is 0.237. The molecule has 0 radical (unpaired) electrons. The zero-order valence-corrected chi connectivity index (χ0v) is 15.7. The van der Waals surface area contributed by atoms with E-state index in [0.29, 0.717) is 5.92 Å². The number of aliphatic hydroxyl groups is 1. The van der Waals surface area contributed by atoms with E-state index in [4.69, 9.17) is 0 Å². The molecule has 0 aromatic carbocycles. The van der Waals surface area contributed by atoms with E-state index in [-0.39, 0.29) is 11.8 Å². The molecule has 0 amide bonds. The SMILES string of the molecule is CC(C)c1ncc(CN2CC3CCCC(C2)C3(O)c2ccccn2)cn1. The lowest BCUT2D eigenvalue weighted by Gasteiger charge is -2.52. The maximum Gasteiger partial charge on any atom is 0.130 e. The monoisotopic (exact) mass is 352 g/mol. The molecule has 0 spiro atoms. The second-order valence-corrected chi connectivity index (χ2v) is 8.16. The molecular weight excluding hydrogens is 324 g/mol. The summed E-state index contributed by atoms with van der Waals surface area (Å²) in [6.45, 7) is 6.87. The van der Waals surface area contributed by atoms with Gasteiger partial charge >= 0.3 is 0 Å². The fraction of sp³-hybridized carbons (Fsp3) is 0.571. The Morgan fingerprint density at radius 2 is 1.81 bits per heavy atom. The summed E-state index contributed by atoms with van der Waals surface area (Å²) in [6.07, 6.45) is 9.02. The molecule has 1 saturated heterocycles. The van der Waals surface area contributed by atoms with Gasteiger partial charge in [0.05, 0.1) is 5.69 Å². The lowest BCUT2D eigenvalue weighted by atomic mass is 9.64. The van der Waals surface area contributed by atoms with Crippen LogP contribution in [0.25, 0.3) is 0 Å². The lowest BCUT2D eigenvalue weighted by Crippen LogP contribution is -2.58. The third-order valence-corrected chi connectivity index (χ3v) is 6.03. The Balaban J connectivity index is 1.51. The third-order valence-electron chi connectivity index (χ3n) is 6.03.